The second kappa shape index (κ2) is 9.81. The van der Waals surface area contributed by atoms with E-state index in [1.165, 1.54) is 6.08 Å². The zero-order valence-electron chi connectivity index (χ0n) is 16.8. The summed E-state index contributed by atoms with van der Waals surface area (Å²) in [7, 11) is 0. The van der Waals surface area contributed by atoms with E-state index < -0.39 is 17.1 Å². The summed E-state index contributed by atoms with van der Waals surface area (Å²) in [4.78, 5) is 38.6. The first-order chi connectivity index (χ1) is 14.8. The standard InChI is InChI=1S/C22H18BrN3O4S/c1-13-3-5-17(9-14(13)2)25-20(27)12-26-21(28)19(31-22(26)29)11-15-10-16(23)4-6-18(15)30-8-7-24/h3-6,9-11H,8,12H2,1-2H3,(H,25,27)/b19-11+. The molecule has 9 heteroatoms. The summed E-state index contributed by atoms with van der Waals surface area (Å²) in [6, 6.07) is 12.5. The molecule has 0 atom stereocenters. The lowest BCUT2D eigenvalue weighted by Crippen LogP contribution is -2.36. The Kier molecular flexibility index (Phi) is 7.15. The molecule has 158 valence electrons. The maximum Gasteiger partial charge on any atom is 0.294 e. The molecule has 7 nitrogen and oxygen atoms in total. The molecule has 0 spiro atoms. The molecule has 1 aliphatic heterocycles. The monoisotopic (exact) mass is 499 g/mol. The molecule has 1 aliphatic rings. The summed E-state index contributed by atoms with van der Waals surface area (Å²) in [6.45, 7) is 3.37. The van der Waals surface area contributed by atoms with Crippen LogP contribution in [0.2, 0.25) is 0 Å². The summed E-state index contributed by atoms with van der Waals surface area (Å²) in [5, 5.41) is 10.9. The summed E-state index contributed by atoms with van der Waals surface area (Å²) in [6.07, 6.45) is 1.52. The van der Waals surface area contributed by atoms with Crippen LogP contribution in [0.3, 0.4) is 0 Å². The first-order valence-corrected chi connectivity index (χ1v) is 10.8. The van der Waals surface area contributed by atoms with Crippen molar-refractivity contribution in [3.05, 3.63) is 62.5 Å². The van der Waals surface area contributed by atoms with Gasteiger partial charge in [-0.2, -0.15) is 5.26 Å². The fourth-order valence-electron chi connectivity index (χ4n) is 2.81. The maximum absolute atomic E-state index is 12.7. The van der Waals surface area contributed by atoms with Gasteiger partial charge >= 0.3 is 0 Å². The number of hydrogen-bond donors (Lipinski definition) is 1. The lowest BCUT2D eigenvalue weighted by molar-refractivity contribution is -0.127. The lowest BCUT2D eigenvalue weighted by Gasteiger charge is -2.13. The van der Waals surface area contributed by atoms with Crippen LogP contribution in [0, 0.1) is 25.2 Å². The van der Waals surface area contributed by atoms with E-state index in [1.807, 2.05) is 32.0 Å². The van der Waals surface area contributed by atoms with Gasteiger partial charge in [-0.25, -0.2) is 0 Å². The molecule has 3 amide bonds. The van der Waals surface area contributed by atoms with Crippen LogP contribution in [0.5, 0.6) is 5.75 Å². The number of hydrogen-bond acceptors (Lipinski definition) is 6. The van der Waals surface area contributed by atoms with E-state index in [-0.39, 0.29) is 18.1 Å². The Labute approximate surface area is 192 Å². The molecule has 0 aromatic heterocycles. The average Bonchev–Trinajstić information content (AvgIpc) is 2.97. The summed E-state index contributed by atoms with van der Waals surface area (Å²) in [5.74, 6) is -0.618. The Balaban J connectivity index is 1.75. The molecular formula is C22H18BrN3O4S. The number of amides is 3. The average molecular weight is 500 g/mol. The van der Waals surface area contributed by atoms with Gasteiger partial charge < -0.3 is 10.1 Å². The number of ether oxygens (including phenoxy) is 1. The third-order valence-electron chi connectivity index (χ3n) is 4.52. The predicted molar refractivity (Wildman–Crippen MR) is 122 cm³/mol. The number of thioether (sulfide) groups is 1. The predicted octanol–water partition coefficient (Wildman–Crippen LogP) is 4.64. The number of rotatable bonds is 6. The number of benzene rings is 2. The van der Waals surface area contributed by atoms with Gasteiger partial charge in [-0.15, -0.1) is 0 Å². The van der Waals surface area contributed by atoms with Gasteiger partial charge in [0, 0.05) is 15.7 Å². The molecule has 0 radical (unpaired) electrons. The highest BCUT2D eigenvalue weighted by atomic mass is 79.9. The van der Waals surface area contributed by atoms with Crippen LogP contribution >= 0.6 is 27.7 Å². The van der Waals surface area contributed by atoms with Crippen molar-refractivity contribution in [2.24, 2.45) is 0 Å². The van der Waals surface area contributed by atoms with Gasteiger partial charge in [0.2, 0.25) is 5.91 Å². The largest absolute Gasteiger partial charge is 0.478 e. The van der Waals surface area contributed by atoms with Crippen molar-refractivity contribution >= 4 is 56.5 Å². The Morgan fingerprint density at radius 2 is 2.00 bits per heavy atom. The number of carbonyl (C=O) groups excluding carboxylic acids is 3. The Bertz CT molecular complexity index is 1140. The summed E-state index contributed by atoms with van der Waals surface area (Å²) in [5.41, 5.74) is 3.26. The van der Waals surface area contributed by atoms with E-state index in [4.69, 9.17) is 10.00 Å². The van der Waals surface area contributed by atoms with Crippen LogP contribution in [0.4, 0.5) is 10.5 Å². The minimum absolute atomic E-state index is 0.150. The van der Waals surface area contributed by atoms with Crippen LogP contribution in [0.1, 0.15) is 16.7 Å². The second-order valence-electron chi connectivity index (χ2n) is 6.74. The normalized spacial score (nSPS) is 14.6. The zero-order valence-corrected chi connectivity index (χ0v) is 19.2. The number of imide groups is 1. The fourth-order valence-corrected chi connectivity index (χ4v) is 4.02. The lowest BCUT2D eigenvalue weighted by atomic mass is 10.1. The number of nitriles is 1. The number of halogens is 1. The van der Waals surface area contributed by atoms with Gasteiger partial charge in [0.25, 0.3) is 11.1 Å². The Morgan fingerprint density at radius 1 is 1.23 bits per heavy atom. The first kappa shape index (κ1) is 22.6. The van der Waals surface area contributed by atoms with Crippen molar-refractivity contribution in [2.75, 3.05) is 18.5 Å². The van der Waals surface area contributed by atoms with E-state index in [0.717, 1.165) is 32.3 Å². The minimum Gasteiger partial charge on any atom is -0.478 e. The number of anilines is 1. The van der Waals surface area contributed by atoms with E-state index in [1.54, 1.807) is 24.3 Å². The van der Waals surface area contributed by atoms with Crippen molar-refractivity contribution in [1.29, 1.82) is 5.26 Å². The van der Waals surface area contributed by atoms with Crippen LogP contribution < -0.4 is 10.1 Å². The van der Waals surface area contributed by atoms with E-state index in [0.29, 0.717) is 17.0 Å². The molecule has 1 N–H and O–H groups in total. The topological polar surface area (TPSA) is 99.5 Å². The van der Waals surface area contributed by atoms with Gasteiger partial charge in [0.05, 0.1) is 4.91 Å². The van der Waals surface area contributed by atoms with Crippen molar-refractivity contribution in [3.8, 4) is 11.8 Å². The Hall–Kier alpha value is -3.09. The molecule has 1 fully saturated rings. The van der Waals surface area contributed by atoms with Gasteiger partial charge in [-0.05, 0) is 73.1 Å². The molecule has 2 aromatic rings. The summed E-state index contributed by atoms with van der Waals surface area (Å²) >= 11 is 4.10. The van der Waals surface area contributed by atoms with Crippen molar-refractivity contribution in [3.63, 3.8) is 0 Å². The molecule has 2 aromatic carbocycles. The number of aryl methyl sites for hydroxylation is 2. The highest BCUT2D eigenvalue weighted by Gasteiger charge is 2.36. The highest BCUT2D eigenvalue weighted by Crippen LogP contribution is 2.34. The molecular weight excluding hydrogens is 482 g/mol. The van der Waals surface area contributed by atoms with Gasteiger partial charge in [0.15, 0.2) is 6.61 Å². The van der Waals surface area contributed by atoms with Crippen molar-refractivity contribution < 1.29 is 19.1 Å². The maximum atomic E-state index is 12.7. The van der Waals surface area contributed by atoms with Gasteiger partial charge in [0.1, 0.15) is 18.4 Å². The molecule has 0 aliphatic carbocycles. The van der Waals surface area contributed by atoms with Crippen molar-refractivity contribution in [2.45, 2.75) is 13.8 Å². The SMILES string of the molecule is Cc1ccc(NC(=O)CN2C(=O)S/C(=C/c3cc(Br)ccc3OCC#N)C2=O)cc1C. The summed E-state index contributed by atoms with van der Waals surface area (Å²) < 4.78 is 6.13. The molecule has 0 bridgehead atoms. The fraction of sp³-hybridized carbons (Fsp3) is 0.182. The number of nitrogens with one attached hydrogen (secondary N) is 1. The molecule has 31 heavy (non-hydrogen) atoms. The van der Waals surface area contributed by atoms with Crippen LogP contribution in [-0.4, -0.2) is 35.1 Å². The minimum atomic E-state index is -0.559. The van der Waals surface area contributed by atoms with Crippen LogP contribution in [0.25, 0.3) is 6.08 Å². The molecule has 3 rings (SSSR count). The van der Waals surface area contributed by atoms with E-state index in [2.05, 4.69) is 21.2 Å². The highest BCUT2D eigenvalue weighted by molar-refractivity contribution is 9.10. The first-order valence-electron chi connectivity index (χ1n) is 9.20. The number of carbonyl (C=O) groups is 3. The van der Waals surface area contributed by atoms with Gasteiger partial charge in [-0.3, -0.25) is 19.3 Å². The van der Waals surface area contributed by atoms with E-state index in [9.17, 15) is 14.4 Å². The Morgan fingerprint density at radius 3 is 2.71 bits per heavy atom. The third kappa shape index (κ3) is 5.54. The quantitative estimate of drug-likeness (QED) is 0.580. The van der Waals surface area contributed by atoms with Crippen LogP contribution in [0.15, 0.2) is 45.8 Å². The smallest absolute Gasteiger partial charge is 0.294 e. The molecule has 0 unspecified atom stereocenters. The zero-order chi connectivity index (χ0) is 22.5. The second-order valence-corrected chi connectivity index (χ2v) is 8.65. The number of nitrogens with zero attached hydrogens (tertiary/aromatic N) is 2. The third-order valence-corrected chi connectivity index (χ3v) is 5.92. The molecule has 1 heterocycles. The van der Waals surface area contributed by atoms with E-state index >= 15 is 0 Å². The molecule has 1 saturated heterocycles. The van der Waals surface area contributed by atoms with Crippen molar-refractivity contribution in [1.82, 2.24) is 4.90 Å². The van der Waals surface area contributed by atoms with Crippen LogP contribution in [-0.2, 0) is 9.59 Å². The van der Waals surface area contributed by atoms with Gasteiger partial charge in [-0.1, -0.05) is 22.0 Å². The molecule has 0 saturated carbocycles.